The van der Waals surface area contributed by atoms with Crippen molar-refractivity contribution in [2.75, 3.05) is 7.11 Å². The molecular weight excluding hydrogens is 364 g/mol. The van der Waals surface area contributed by atoms with Crippen molar-refractivity contribution in [1.82, 2.24) is 19.3 Å². The summed E-state index contributed by atoms with van der Waals surface area (Å²) in [5.41, 5.74) is 3.42. The van der Waals surface area contributed by atoms with E-state index in [2.05, 4.69) is 9.97 Å². The second-order valence-corrected chi connectivity index (χ2v) is 7.39. The summed E-state index contributed by atoms with van der Waals surface area (Å²) < 4.78 is 21.0. The van der Waals surface area contributed by atoms with Gasteiger partial charge in [-0.2, -0.15) is 4.73 Å². The predicted molar refractivity (Wildman–Crippen MR) is 102 cm³/mol. The average molecular weight is 382 g/mol. The SMILES string of the molecule is COc1ccnc(CS(=O)c2nc3ccc(-n4cccc4)cc3n2O)c1C. The predicted octanol–water partition coefficient (Wildman–Crippen LogP) is 3.08. The average Bonchev–Trinajstić information content (AvgIpc) is 3.32. The van der Waals surface area contributed by atoms with E-state index >= 15 is 0 Å². The lowest BCUT2D eigenvalue weighted by atomic mass is 10.2. The Morgan fingerprint density at radius 3 is 2.74 bits per heavy atom. The van der Waals surface area contributed by atoms with E-state index < -0.39 is 10.8 Å². The molecule has 0 saturated carbocycles. The lowest BCUT2D eigenvalue weighted by Gasteiger charge is -2.08. The largest absolute Gasteiger partial charge is 0.496 e. The number of pyridine rings is 1. The second-order valence-electron chi connectivity index (χ2n) is 6.04. The van der Waals surface area contributed by atoms with Gasteiger partial charge in [-0.1, -0.05) is 0 Å². The van der Waals surface area contributed by atoms with Gasteiger partial charge < -0.3 is 14.5 Å². The molecule has 1 N–H and O–H groups in total. The minimum Gasteiger partial charge on any atom is -0.496 e. The first-order chi connectivity index (χ1) is 13.1. The maximum atomic E-state index is 12.9. The van der Waals surface area contributed by atoms with Crippen molar-refractivity contribution < 1.29 is 14.2 Å². The van der Waals surface area contributed by atoms with Crippen LogP contribution in [0.15, 0.2) is 60.1 Å². The summed E-state index contributed by atoms with van der Waals surface area (Å²) in [5, 5.41) is 10.6. The van der Waals surface area contributed by atoms with E-state index in [0.29, 0.717) is 22.5 Å². The molecule has 1 aromatic carbocycles. The van der Waals surface area contributed by atoms with E-state index in [4.69, 9.17) is 4.74 Å². The molecule has 4 rings (SSSR count). The quantitative estimate of drug-likeness (QED) is 0.537. The van der Waals surface area contributed by atoms with E-state index in [-0.39, 0.29) is 10.9 Å². The van der Waals surface area contributed by atoms with Crippen LogP contribution in [0.5, 0.6) is 5.75 Å². The van der Waals surface area contributed by atoms with Crippen LogP contribution in [0, 0.1) is 6.92 Å². The lowest BCUT2D eigenvalue weighted by molar-refractivity contribution is 0.171. The molecule has 0 aliphatic carbocycles. The Labute approximate surface area is 158 Å². The van der Waals surface area contributed by atoms with Crippen LogP contribution in [-0.4, -0.2) is 35.8 Å². The van der Waals surface area contributed by atoms with Gasteiger partial charge >= 0.3 is 0 Å². The zero-order chi connectivity index (χ0) is 19.0. The van der Waals surface area contributed by atoms with Crippen molar-refractivity contribution in [3.8, 4) is 11.4 Å². The minimum atomic E-state index is -1.57. The highest BCUT2D eigenvalue weighted by Crippen LogP contribution is 2.24. The molecule has 1 atom stereocenters. The first-order valence-corrected chi connectivity index (χ1v) is 9.62. The highest BCUT2D eigenvalue weighted by Gasteiger charge is 2.19. The molecule has 3 heterocycles. The van der Waals surface area contributed by atoms with Crippen LogP contribution in [0.2, 0.25) is 0 Å². The lowest BCUT2D eigenvalue weighted by Crippen LogP contribution is -2.07. The minimum absolute atomic E-state index is 0.0960. The van der Waals surface area contributed by atoms with E-state index in [9.17, 15) is 9.42 Å². The Morgan fingerprint density at radius 1 is 1.22 bits per heavy atom. The zero-order valence-corrected chi connectivity index (χ0v) is 15.7. The second kappa shape index (κ2) is 6.88. The van der Waals surface area contributed by atoms with Crippen molar-refractivity contribution in [2.24, 2.45) is 0 Å². The third kappa shape index (κ3) is 3.08. The monoisotopic (exact) mass is 382 g/mol. The number of fused-ring (bicyclic) bond motifs is 1. The molecule has 0 saturated heterocycles. The Bertz CT molecular complexity index is 1140. The van der Waals surface area contributed by atoms with Crippen LogP contribution >= 0.6 is 0 Å². The molecule has 0 aliphatic heterocycles. The van der Waals surface area contributed by atoms with E-state index in [0.717, 1.165) is 16.0 Å². The Balaban J connectivity index is 1.69. The molecule has 138 valence electrons. The normalized spacial score (nSPS) is 12.4. The molecule has 4 aromatic rings. The third-order valence-corrected chi connectivity index (χ3v) is 5.64. The molecule has 0 amide bonds. The van der Waals surface area contributed by atoms with Gasteiger partial charge in [0.05, 0.1) is 34.9 Å². The van der Waals surface area contributed by atoms with Gasteiger partial charge in [-0.15, -0.1) is 0 Å². The summed E-state index contributed by atoms with van der Waals surface area (Å²) in [6.07, 6.45) is 5.44. The maximum Gasteiger partial charge on any atom is 0.234 e. The number of ether oxygens (including phenoxy) is 1. The fraction of sp³-hybridized carbons (Fsp3) is 0.158. The van der Waals surface area contributed by atoms with Gasteiger partial charge in [-0.05, 0) is 43.3 Å². The number of benzene rings is 1. The Hall–Kier alpha value is -3.13. The van der Waals surface area contributed by atoms with Crippen LogP contribution in [-0.2, 0) is 16.6 Å². The molecule has 7 nitrogen and oxygen atoms in total. The van der Waals surface area contributed by atoms with Crippen molar-refractivity contribution >= 4 is 21.8 Å². The fourth-order valence-electron chi connectivity index (χ4n) is 2.96. The molecule has 27 heavy (non-hydrogen) atoms. The van der Waals surface area contributed by atoms with Gasteiger partial charge in [0.25, 0.3) is 0 Å². The summed E-state index contributed by atoms with van der Waals surface area (Å²) >= 11 is 0. The molecule has 0 radical (unpaired) electrons. The molecule has 0 spiro atoms. The van der Waals surface area contributed by atoms with Gasteiger partial charge in [-0.25, -0.2) is 4.98 Å². The van der Waals surface area contributed by atoms with Crippen molar-refractivity contribution in [3.05, 3.63) is 66.2 Å². The maximum absolute atomic E-state index is 12.9. The fourth-order valence-corrected chi connectivity index (χ4v) is 4.12. The number of methoxy groups -OCH3 is 1. The van der Waals surface area contributed by atoms with Crippen molar-refractivity contribution in [3.63, 3.8) is 0 Å². The Kier molecular flexibility index (Phi) is 4.41. The number of hydrogen-bond donors (Lipinski definition) is 1. The van der Waals surface area contributed by atoms with Crippen molar-refractivity contribution in [1.29, 1.82) is 0 Å². The summed E-state index contributed by atoms with van der Waals surface area (Å²) in [7, 11) is 0.0164. The molecular formula is C19H18N4O3S. The number of rotatable bonds is 5. The van der Waals surface area contributed by atoms with E-state index in [1.165, 1.54) is 0 Å². The van der Waals surface area contributed by atoms with Crippen LogP contribution in [0.1, 0.15) is 11.3 Å². The highest BCUT2D eigenvalue weighted by molar-refractivity contribution is 7.84. The topological polar surface area (TPSA) is 82.2 Å². The van der Waals surface area contributed by atoms with Gasteiger partial charge in [0.15, 0.2) is 0 Å². The highest BCUT2D eigenvalue weighted by atomic mass is 32.2. The van der Waals surface area contributed by atoms with Gasteiger partial charge in [-0.3, -0.25) is 9.19 Å². The van der Waals surface area contributed by atoms with Crippen LogP contribution in [0.4, 0.5) is 0 Å². The van der Waals surface area contributed by atoms with E-state index in [1.54, 1.807) is 31.5 Å². The standard InChI is InChI=1S/C19H18N4O3S/c1-13-16(20-8-7-18(13)26-2)12-27(25)19-21-15-6-5-14(11-17(15)23(19)24)22-9-3-4-10-22/h3-11,24H,12H2,1-2H3. The molecule has 3 aromatic heterocycles. The summed E-state index contributed by atoms with van der Waals surface area (Å²) in [6.45, 7) is 1.86. The van der Waals surface area contributed by atoms with Gasteiger partial charge in [0.2, 0.25) is 5.16 Å². The summed E-state index contributed by atoms with van der Waals surface area (Å²) in [6, 6.07) is 11.1. The first kappa shape index (κ1) is 17.3. The van der Waals surface area contributed by atoms with Crippen LogP contribution < -0.4 is 4.74 Å². The Morgan fingerprint density at radius 2 is 2.00 bits per heavy atom. The van der Waals surface area contributed by atoms with Crippen LogP contribution in [0.3, 0.4) is 0 Å². The molecule has 0 fully saturated rings. The number of hydrogen-bond acceptors (Lipinski definition) is 5. The smallest absolute Gasteiger partial charge is 0.234 e. The number of aromatic nitrogens is 4. The van der Waals surface area contributed by atoms with Crippen LogP contribution in [0.25, 0.3) is 16.7 Å². The number of nitrogens with zero attached hydrogens (tertiary/aromatic N) is 4. The third-order valence-electron chi connectivity index (χ3n) is 4.44. The molecule has 0 aliphatic rings. The van der Waals surface area contributed by atoms with E-state index in [1.807, 2.05) is 42.1 Å². The molecule has 1 unspecified atom stereocenters. The molecule has 8 heteroatoms. The van der Waals surface area contributed by atoms with Crippen molar-refractivity contribution in [2.45, 2.75) is 17.8 Å². The summed E-state index contributed by atoms with van der Waals surface area (Å²) in [4.78, 5) is 8.64. The molecule has 0 bridgehead atoms. The van der Waals surface area contributed by atoms with Gasteiger partial charge in [0.1, 0.15) is 11.3 Å². The number of imidazole rings is 1. The first-order valence-electron chi connectivity index (χ1n) is 8.30. The van der Waals surface area contributed by atoms with Gasteiger partial charge in [0, 0.05) is 29.8 Å². The summed E-state index contributed by atoms with van der Waals surface area (Å²) in [5.74, 6) is 0.822. The zero-order valence-electron chi connectivity index (χ0n) is 14.9.